The molecule has 42 heavy (non-hydrogen) atoms. The molecule has 0 aliphatic rings. The zero-order valence-corrected chi connectivity index (χ0v) is 23.5. The number of para-hydroxylation sites is 2. The molecule has 9 aromatic rings. The first-order chi connectivity index (χ1) is 20.8. The van der Waals surface area contributed by atoms with Gasteiger partial charge in [0, 0.05) is 48.2 Å². The standard InChI is InChI=1S/C39H24N2S/c1-2-11-29(12-3-1)41-36-19-17-27(22-32(36)34-24-40-35-15-6-4-14-31(35)39(34)41)25-9-8-10-26(21-25)28-18-20-38-33(23-28)30-13-5-7-16-37(30)42-38/h1-24H. The van der Waals surface area contributed by atoms with Crippen LogP contribution in [0.15, 0.2) is 146 Å². The molecule has 0 radical (unpaired) electrons. The summed E-state index contributed by atoms with van der Waals surface area (Å²) in [6.45, 7) is 0. The van der Waals surface area contributed by atoms with Crippen molar-refractivity contribution in [3.05, 3.63) is 146 Å². The number of thiophene rings is 1. The van der Waals surface area contributed by atoms with Gasteiger partial charge in [0.05, 0.1) is 16.6 Å². The molecule has 0 fully saturated rings. The molecule has 196 valence electrons. The minimum absolute atomic E-state index is 1.01. The summed E-state index contributed by atoms with van der Waals surface area (Å²) >= 11 is 1.86. The van der Waals surface area contributed by atoms with Crippen LogP contribution in [0.2, 0.25) is 0 Å². The Kier molecular flexibility index (Phi) is 5.10. The summed E-state index contributed by atoms with van der Waals surface area (Å²) in [7, 11) is 0. The highest BCUT2D eigenvalue weighted by atomic mass is 32.1. The van der Waals surface area contributed by atoms with E-state index in [0.717, 1.165) is 16.6 Å². The van der Waals surface area contributed by atoms with Gasteiger partial charge >= 0.3 is 0 Å². The van der Waals surface area contributed by atoms with E-state index in [0.29, 0.717) is 0 Å². The predicted molar refractivity (Wildman–Crippen MR) is 180 cm³/mol. The Labute approximate surface area is 246 Å². The Hall–Kier alpha value is -5.25. The van der Waals surface area contributed by atoms with Crippen LogP contribution in [0.25, 0.3) is 80.8 Å². The van der Waals surface area contributed by atoms with Crippen LogP contribution in [-0.2, 0) is 0 Å². The Morgan fingerprint density at radius 3 is 1.98 bits per heavy atom. The SMILES string of the molecule is c1ccc(-n2c3ccc(-c4cccc(-c5ccc6sc7ccccc7c6c5)c4)cc3c3cnc4ccccc4c32)cc1. The van der Waals surface area contributed by atoms with Crippen molar-refractivity contribution in [2.24, 2.45) is 0 Å². The molecule has 0 bridgehead atoms. The van der Waals surface area contributed by atoms with Gasteiger partial charge in [-0.3, -0.25) is 4.98 Å². The van der Waals surface area contributed by atoms with Gasteiger partial charge in [0.25, 0.3) is 0 Å². The first kappa shape index (κ1) is 23.5. The zero-order valence-electron chi connectivity index (χ0n) is 22.7. The van der Waals surface area contributed by atoms with E-state index < -0.39 is 0 Å². The molecule has 0 atom stereocenters. The molecule has 2 nitrogen and oxygen atoms in total. The van der Waals surface area contributed by atoms with Gasteiger partial charge < -0.3 is 4.57 Å². The summed E-state index contributed by atoms with van der Waals surface area (Å²) in [6.07, 6.45) is 2.04. The first-order valence-corrected chi connectivity index (χ1v) is 15.0. The van der Waals surface area contributed by atoms with Gasteiger partial charge in [0.2, 0.25) is 0 Å². The minimum atomic E-state index is 1.01. The van der Waals surface area contributed by atoms with E-state index in [-0.39, 0.29) is 0 Å². The van der Waals surface area contributed by atoms with Crippen molar-refractivity contribution in [1.82, 2.24) is 9.55 Å². The molecule has 3 heteroatoms. The number of benzene rings is 6. The smallest absolute Gasteiger partial charge is 0.0723 e. The van der Waals surface area contributed by atoms with Crippen LogP contribution in [0.3, 0.4) is 0 Å². The fourth-order valence-corrected chi connectivity index (χ4v) is 7.53. The summed E-state index contributed by atoms with van der Waals surface area (Å²) in [5.41, 5.74) is 9.42. The molecule has 0 unspecified atom stereocenters. The van der Waals surface area contributed by atoms with Crippen molar-refractivity contribution in [2.45, 2.75) is 0 Å². The normalized spacial score (nSPS) is 11.8. The lowest BCUT2D eigenvalue weighted by Gasteiger charge is -2.10. The van der Waals surface area contributed by atoms with Crippen molar-refractivity contribution < 1.29 is 0 Å². The lowest BCUT2D eigenvalue weighted by molar-refractivity contribution is 1.18. The second-order valence-electron chi connectivity index (χ2n) is 10.8. The maximum atomic E-state index is 4.85. The van der Waals surface area contributed by atoms with Gasteiger partial charge in [-0.2, -0.15) is 0 Å². The van der Waals surface area contributed by atoms with E-state index in [4.69, 9.17) is 4.98 Å². The van der Waals surface area contributed by atoms with Gasteiger partial charge in [0.1, 0.15) is 0 Å². The summed E-state index contributed by atoms with van der Waals surface area (Å²) < 4.78 is 5.05. The average Bonchev–Trinajstić information content (AvgIpc) is 3.60. The molecule has 9 rings (SSSR count). The second kappa shape index (κ2) is 9.13. The van der Waals surface area contributed by atoms with E-state index in [1.807, 2.05) is 17.5 Å². The topological polar surface area (TPSA) is 17.8 Å². The molecule has 0 N–H and O–H groups in total. The van der Waals surface area contributed by atoms with E-state index in [1.165, 1.54) is 64.2 Å². The fourth-order valence-electron chi connectivity index (χ4n) is 6.44. The van der Waals surface area contributed by atoms with Crippen molar-refractivity contribution in [3.63, 3.8) is 0 Å². The van der Waals surface area contributed by atoms with E-state index in [1.54, 1.807) is 0 Å². The maximum absolute atomic E-state index is 4.85. The molecule has 0 spiro atoms. The van der Waals surface area contributed by atoms with Crippen molar-refractivity contribution in [1.29, 1.82) is 0 Å². The highest BCUT2D eigenvalue weighted by Gasteiger charge is 2.16. The number of hydrogen-bond donors (Lipinski definition) is 0. The molecule has 3 aromatic heterocycles. The van der Waals surface area contributed by atoms with Gasteiger partial charge in [-0.25, -0.2) is 0 Å². The van der Waals surface area contributed by atoms with Crippen molar-refractivity contribution in [2.75, 3.05) is 0 Å². The minimum Gasteiger partial charge on any atom is -0.309 e. The third-order valence-corrected chi connectivity index (χ3v) is 9.57. The molecule has 6 aromatic carbocycles. The Bertz CT molecular complexity index is 2470. The Morgan fingerprint density at radius 2 is 1.12 bits per heavy atom. The summed E-state index contributed by atoms with van der Waals surface area (Å²) in [5, 5.41) is 6.20. The summed E-state index contributed by atoms with van der Waals surface area (Å²) in [6, 6.07) is 50.4. The van der Waals surface area contributed by atoms with Gasteiger partial charge in [-0.15, -0.1) is 11.3 Å². The quantitative estimate of drug-likeness (QED) is 0.213. The second-order valence-corrected chi connectivity index (χ2v) is 11.9. The molecule has 3 heterocycles. The number of rotatable bonds is 3. The molecule has 0 saturated carbocycles. The average molecular weight is 553 g/mol. The Morgan fingerprint density at radius 1 is 0.452 bits per heavy atom. The van der Waals surface area contributed by atoms with Crippen LogP contribution >= 0.6 is 11.3 Å². The molecule has 0 saturated heterocycles. The van der Waals surface area contributed by atoms with Crippen molar-refractivity contribution >= 4 is 64.2 Å². The lowest BCUT2D eigenvalue weighted by atomic mass is 9.97. The van der Waals surface area contributed by atoms with E-state index in [9.17, 15) is 0 Å². The highest BCUT2D eigenvalue weighted by molar-refractivity contribution is 7.25. The van der Waals surface area contributed by atoms with E-state index >= 15 is 0 Å². The van der Waals surface area contributed by atoms with Gasteiger partial charge in [-0.1, -0.05) is 84.9 Å². The third-order valence-electron chi connectivity index (χ3n) is 8.42. The number of pyridine rings is 1. The molecular formula is C39H24N2S. The largest absolute Gasteiger partial charge is 0.309 e. The Balaban J connectivity index is 1.23. The molecule has 0 aliphatic carbocycles. The van der Waals surface area contributed by atoms with Crippen LogP contribution in [0.1, 0.15) is 0 Å². The fraction of sp³-hybridized carbons (Fsp3) is 0. The molecule has 0 aliphatic heterocycles. The zero-order chi connectivity index (χ0) is 27.6. The van der Waals surface area contributed by atoms with Crippen molar-refractivity contribution in [3.8, 4) is 27.9 Å². The summed E-state index contributed by atoms with van der Waals surface area (Å²) in [5.74, 6) is 0. The maximum Gasteiger partial charge on any atom is 0.0723 e. The molecular weight excluding hydrogens is 529 g/mol. The van der Waals surface area contributed by atoms with Crippen LogP contribution in [0.4, 0.5) is 0 Å². The lowest BCUT2D eigenvalue weighted by Crippen LogP contribution is -1.94. The number of nitrogens with zero attached hydrogens (tertiary/aromatic N) is 2. The van der Waals surface area contributed by atoms with Gasteiger partial charge in [0.15, 0.2) is 0 Å². The first-order valence-electron chi connectivity index (χ1n) is 14.2. The number of aromatic nitrogens is 2. The number of fused-ring (bicyclic) bond motifs is 8. The van der Waals surface area contributed by atoms with Gasteiger partial charge in [-0.05, 0) is 76.9 Å². The summed E-state index contributed by atoms with van der Waals surface area (Å²) in [4.78, 5) is 4.85. The monoisotopic (exact) mass is 552 g/mol. The number of hydrogen-bond acceptors (Lipinski definition) is 2. The third kappa shape index (κ3) is 3.54. The molecule has 0 amide bonds. The highest BCUT2D eigenvalue weighted by Crippen LogP contribution is 2.39. The van der Waals surface area contributed by atoms with Crippen LogP contribution in [0.5, 0.6) is 0 Å². The van der Waals surface area contributed by atoms with Crippen LogP contribution < -0.4 is 0 Å². The van der Waals surface area contributed by atoms with Crippen LogP contribution in [0, 0.1) is 0 Å². The van der Waals surface area contributed by atoms with Crippen LogP contribution in [-0.4, -0.2) is 9.55 Å². The predicted octanol–water partition coefficient (Wildman–Crippen LogP) is 11.0. The van der Waals surface area contributed by atoms with E-state index in [2.05, 4.69) is 144 Å².